The molecule has 1 aromatic carbocycles. The minimum Gasteiger partial charge on any atom is -0.211 e. The predicted octanol–water partition coefficient (Wildman–Crippen LogP) is 3.61. The van der Waals surface area contributed by atoms with Gasteiger partial charge in [-0.3, -0.25) is 0 Å². The van der Waals surface area contributed by atoms with Gasteiger partial charge in [-0.15, -0.1) is 0 Å². The fraction of sp³-hybridized carbons (Fsp3) is 0.533. The third-order valence-electron chi connectivity index (χ3n) is 4.28. The SMILES string of the molecule is CC(C)(N=C=O)C1(c2ccccc2)CCCC1. The molecule has 0 N–H and O–H groups in total. The number of rotatable bonds is 3. The number of isocyanates is 1. The van der Waals surface area contributed by atoms with Gasteiger partial charge in [0, 0.05) is 5.41 Å². The van der Waals surface area contributed by atoms with Crippen LogP contribution in [-0.2, 0) is 10.2 Å². The maximum absolute atomic E-state index is 10.7. The molecule has 1 fully saturated rings. The number of aliphatic imine (C=N–C) groups is 1. The van der Waals surface area contributed by atoms with E-state index in [2.05, 4.69) is 43.1 Å². The van der Waals surface area contributed by atoms with Crippen molar-refractivity contribution < 1.29 is 4.79 Å². The van der Waals surface area contributed by atoms with Crippen LogP contribution in [0, 0.1) is 0 Å². The maximum atomic E-state index is 10.7. The van der Waals surface area contributed by atoms with Gasteiger partial charge in [0.2, 0.25) is 6.08 Å². The van der Waals surface area contributed by atoms with Gasteiger partial charge in [0.1, 0.15) is 0 Å². The third kappa shape index (κ3) is 1.94. The first-order chi connectivity index (χ1) is 8.12. The van der Waals surface area contributed by atoms with Crippen LogP contribution in [0.3, 0.4) is 0 Å². The Morgan fingerprint density at radius 3 is 2.29 bits per heavy atom. The molecule has 2 rings (SSSR count). The highest BCUT2D eigenvalue weighted by molar-refractivity contribution is 5.39. The zero-order valence-electron chi connectivity index (χ0n) is 10.6. The summed E-state index contributed by atoms with van der Waals surface area (Å²) in [4.78, 5) is 14.7. The molecule has 2 nitrogen and oxygen atoms in total. The molecule has 0 saturated heterocycles. The summed E-state index contributed by atoms with van der Waals surface area (Å²) in [6.07, 6.45) is 6.40. The van der Waals surface area contributed by atoms with E-state index in [1.807, 2.05) is 6.07 Å². The molecular formula is C15H19NO. The Bertz CT molecular complexity index is 423. The monoisotopic (exact) mass is 229 g/mol. The average Bonchev–Trinajstić information content (AvgIpc) is 2.81. The topological polar surface area (TPSA) is 29.4 Å². The molecule has 17 heavy (non-hydrogen) atoms. The zero-order chi connectivity index (χ0) is 12.4. The van der Waals surface area contributed by atoms with Crippen molar-refractivity contribution in [3.8, 4) is 0 Å². The molecule has 1 aliphatic rings. The Kier molecular flexibility index (Phi) is 3.17. The quantitative estimate of drug-likeness (QED) is 0.575. The molecule has 0 aliphatic heterocycles. The molecule has 1 saturated carbocycles. The fourth-order valence-corrected chi connectivity index (χ4v) is 3.21. The molecule has 0 radical (unpaired) electrons. The van der Waals surface area contributed by atoms with E-state index in [9.17, 15) is 4.79 Å². The Morgan fingerprint density at radius 2 is 1.76 bits per heavy atom. The van der Waals surface area contributed by atoms with Gasteiger partial charge in [-0.05, 0) is 32.3 Å². The number of nitrogens with zero attached hydrogens (tertiary/aromatic N) is 1. The second-order valence-electron chi connectivity index (χ2n) is 5.42. The molecule has 0 bridgehead atoms. The van der Waals surface area contributed by atoms with E-state index in [0.29, 0.717) is 0 Å². The summed E-state index contributed by atoms with van der Waals surface area (Å²) in [5, 5.41) is 0. The smallest absolute Gasteiger partial charge is 0.211 e. The molecule has 0 aromatic heterocycles. The van der Waals surface area contributed by atoms with Gasteiger partial charge >= 0.3 is 0 Å². The summed E-state index contributed by atoms with van der Waals surface area (Å²) < 4.78 is 0. The van der Waals surface area contributed by atoms with E-state index < -0.39 is 0 Å². The van der Waals surface area contributed by atoms with E-state index in [-0.39, 0.29) is 11.0 Å². The van der Waals surface area contributed by atoms with Crippen LogP contribution in [0.5, 0.6) is 0 Å². The maximum Gasteiger partial charge on any atom is 0.235 e. The highest BCUT2D eigenvalue weighted by Crippen LogP contribution is 2.50. The summed E-state index contributed by atoms with van der Waals surface area (Å²) in [7, 11) is 0. The first kappa shape index (κ1) is 12.1. The van der Waals surface area contributed by atoms with Gasteiger partial charge in [0.25, 0.3) is 0 Å². The standard InChI is InChI=1S/C15H19NO/c1-14(2,16-12-17)15(10-6-7-11-15)13-8-4-3-5-9-13/h3-5,8-9H,6-7,10-11H2,1-2H3. The number of hydrogen-bond acceptors (Lipinski definition) is 2. The molecule has 0 spiro atoms. The summed E-state index contributed by atoms with van der Waals surface area (Å²) in [6, 6.07) is 10.5. The van der Waals surface area contributed by atoms with E-state index in [4.69, 9.17) is 0 Å². The van der Waals surface area contributed by atoms with E-state index in [0.717, 1.165) is 12.8 Å². The highest BCUT2D eigenvalue weighted by Gasteiger charge is 2.48. The van der Waals surface area contributed by atoms with Crippen molar-refractivity contribution in [2.75, 3.05) is 0 Å². The minimum atomic E-state index is -0.368. The largest absolute Gasteiger partial charge is 0.235 e. The summed E-state index contributed by atoms with van der Waals surface area (Å²) in [5.41, 5.74) is 0.944. The van der Waals surface area contributed by atoms with E-state index in [1.165, 1.54) is 18.4 Å². The third-order valence-corrected chi connectivity index (χ3v) is 4.28. The van der Waals surface area contributed by atoms with Crippen LogP contribution in [-0.4, -0.2) is 11.6 Å². The Hall–Kier alpha value is -1.40. The van der Waals surface area contributed by atoms with Gasteiger partial charge in [-0.1, -0.05) is 43.2 Å². The zero-order valence-corrected chi connectivity index (χ0v) is 10.6. The van der Waals surface area contributed by atoms with Crippen LogP contribution in [0.2, 0.25) is 0 Å². The normalized spacial score (nSPS) is 18.7. The predicted molar refractivity (Wildman–Crippen MR) is 68.8 cm³/mol. The Labute approximate surface area is 103 Å². The molecule has 0 unspecified atom stereocenters. The molecule has 0 amide bonds. The summed E-state index contributed by atoms with van der Waals surface area (Å²) in [5.74, 6) is 0. The lowest BCUT2D eigenvalue weighted by molar-refractivity contribution is 0.262. The van der Waals surface area contributed by atoms with Crippen molar-refractivity contribution in [1.29, 1.82) is 0 Å². The van der Waals surface area contributed by atoms with Gasteiger partial charge in [0.15, 0.2) is 0 Å². The fourth-order valence-electron chi connectivity index (χ4n) is 3.21. The van der Waals surface area contributed by atoms with Crippen LogP contribution in [0.25, 0.3) is 0 Å². The van der Waals surface area contributed by atoms with Crippen molar-refractivity contribution >= 4 is 6.08 Å². The van der Waals surface area contributed by atoms with Crippen LogP contribution < -0.4 is 0 Å². The molecule has 90 valence electrons. The number of carbonyl (C=O) groups excluding carboxylic acids is 1. The van der Waals surface area contributed by atoms with Gasteiger partial charge in [0.05, 0.1) is 5.54 Å². The van der Waals surface area contributed by atoms with Crippen molar-refractivity contribution in [1.82, 2.24) is 0 Å². The van der Waals surface area contributed by atoms with Gasteiger partial charge < -0.3 is 0 Å². The lowest BCUT2D eigenvalue weighted by atomic mass is 9.66. The van der Waals surface area contributed by atoms with Crippen molar-refractivity contribution in [2.24, 2.45) is 4.99 Å². The van der Waals surface area contributed by atoms with Crippen LogP contribution >= 0.6 is 0 Å². The second kappa shape index (κ2) is 4.46. The molecular weight excluding hydrogens is 210 g/mol. The van der Waals surface area contributed by atoms with Crippen molar-refractivity contribution in [3.63, 3.8) is 0 Å². The Balaban J connectivity index is 2.51. The van der Waals surface area contributed by atoms with Crippen molar-refractivity contribution in [3.05, 3.63) is 35.9 Å². The first-order valence-corrected chi connectivity index (χ1v) is 6.27. The molecule has 0 heterocycles. The average molecular weight is 229 g/mol. The van der Waals surface area contributed by atoms with Crippen LogP contribution in [0.1, 0.15) is 45.1 Å². The number of benzene rings is 1. The van der Waals surface area contributed by atoms with E-state index in [1.54, 1.807) is 6.08 Å². The first-order valence-electron chi connectivity index (χ1n) is 6.27. The molecule has 1 aromatic rings. The number of hydrogen-bond donors (Lipinski definition) is 0. The van der Waals surface area contributed by atoms with Crippen LogP contribution in [0.15, 0.2) is 35.3 Å². The van der Waals surface area contributed by atoms with E-state index >= 15 is 0 Å². The molecule has 1 aliphatic carbocycles. The summed E-state index contributed by atoms with van der Waals surface area (Å²) in [6.45, 7) is 4.10. The molecule has 0 atom stereocenters. The molecule has 2 heteroatoms. The Morgan fingerprint density at radius 1 is 1.18 bits per heavy atom. The van der Waals surface area contributed by atoms with Gasteiger partial charge in [-0.2, -0.15) is 4.99 Å². The highest BCUT2D eigenvalue weighted by atomic mass is 16.1. The van der Waals surface area contributed by atoms with Crippen molar-refractivity contribution in [2.45, 2.75) is 50.5 Å². The lowest BCUT2D eigenvalue weighted by Crippen LogP contribution is -2.44. The minimum absolute atomic E-state index is 0.00562. The lowest BCUT2D eigenvalue weighted by Gasteiger charge is -2.41. The van der Waals surface area contributed by atoms with Gasteiger partial charge in [-0.25, -0.2) is 4.79 Å². The van der Waals surface area contributed by atoms with Crippen LogP contribution in [0.4, 0.5) is 0 Å². The summed E-state index contributed by atoms with van der Waals surface area (Å²) >= 11 is 0. The second-order valence-corrected chi connectivity index (χ2v) is 5.42.